The van der Waals surface area contributed by atoms with Gasteiger partial charge in [0.1, 0.15) is 11.4 Å². The van der Waals surface area contributed by atoms with E-state index in [9.17, 15) is 18.4 Å². The van der Waals surface area contributed by atoms with Crippen molar-refractivity contribution in [1.82, 2.24) is 9.55 Å². The number of halogens is 2. The molecule has 38 heavy (non-hydrogen) atoms. The maximum absolute atomic E-state index is 13.5. The van der Waals surface area contributed by atoms with Crippen LogP contribution in [0.5, 0.6) is 0 Å². The standard InChI is InChI=1S/C27H25F2N5O3S/c1-14-4-8-18(25(28)29)10-19(14)21-12-34(13-23(31)37-16(3)30)24(35)11-20(21)26(36)33-27-32-15(2)22(38-27)9-7-17-5-6-17/h4,8,10-12,17,25,30-31H,5-6,13H2,1-3H3,(H,32,33,36). The van der Waals surface area contributed by atoms with Gasteiger partial charge >= 0.3 is 0 Å². The summed E-state index contributed by atoms with van der Waals surface area (Å²) in [6, 6.07) is 5.20. The molecule has 0 aliphatic heterocycles. The van der Waals surface area contributed by atoms with E-state index in [-0.39, 0.29) is 35.0 Å². The lowest BCUT2D eigenvalue weighted by atomic mass is 9.95. The van der Waals surface area contributed by atoms with Gasteiger partial charge in [0.15, 0.2) is 11.0 Å². The van der Waals surface area contributed by atoms with Crippen LogP contribution in [-0.2, 0) is 11.3 Å². The summed E-state index contributed by atoms with van der Waals surface area (Å²) < 4.78 is 33.1. The maximum atomic E-state index is 13.5. The third-order valence-electron chi connectivity index (χ3n) is 5.75. The summed E-state index contributed by atoms with van der Waals surface area (Å²) in [5, 5.41) is 18.3. The fourth-order valence-electron chi connectivity index (χ4n) is 3.66. The molecule has 3 aromatic rings. The number of carbonyl (C=O) groups excluding carboxylic acids is 1. The molecule has 2 heterocycles. The second kappa shape index (κ2) is 11.1. The number of carbonyl (C=O) groups is 1. The van der Waals surface area contributed by atoms with Crippen LogP contribution in [-0.4, -0.2) is 27.3 Å². The average Bonchev–Trinajstić information content (AvgIpc) is 3.60. The van der Waals surface area contributed by atoms with Gasteiger partial charge in [-0.1, -0.05) is 35.3 Å². The third kappa shape index (κ3) is 6.39. The molecule has 0 bridgehead atoms. The van der Waals surface area contributed by atoms with E-state index in [0.29, 0.717) is 27.9 Å². The van der Waals surface area contributed by atoms with Crippen LogP contribution < -0.4 is 10.9 Å². The molecule has 0 unspecified atom stereocenters. The van der Waals surface area contributed by atoms with E-state index in [1.54, 1.807) is 13.8 Å². The van der Waals surface area contributed by atoms with Crippen LogP contribution >= 0.6 is 11.3 Å². The zero-order chi connectivity index (χ0) is 27.6. The smallest absolute Gasteiger partial charge is 0.263 e. The SMILES string of the molecule is CC(=N)OC(=N)Cn1cc(-c2cc(C(F)F)ccc2C)c(C(=O)Nc2nc(C)c(C#CC3CC3)s2)cc1=O. The summed E-state index contributed by atoms with van der Waals surface area (Å²) in [5.41, 5.74) is 0.971. The molecular weight excluding hydrogens is 512 g/mol. The summed E-state index contributed by atoms with van der Waals surface area (Å²) in [6.45, 7) is 4.53. The molecule has 1 aromatic carbocycles. The van der Waals surface area contributed by atoms with Crippen molar-refractivity contribution >= 4 is 34.2 Å². The molecule has 1 saturated carbocycles. The Labute approximate surface area is 221 Å². The Balaban J connectivity index is 1.75. The number of thiazole rings is 1. The van der Waals surface area contributed by atoms with Crippen molar-refractivity contribution in [2.45, 2.75) is 46.6 Å². The predicted octanol–water partition coefficient (Wildman–Crippen LogP) is 5.53. The average molecular weight is 538 g/mol. The zero-order valence-corrected chi connectivity index (χ0v) is 21.8. The minimum absolute atomic E-state index is 0.0325. The Bertz CT molecular complexity index is 1560. The topological polar surface area (TPSA) is 121 Å². The minimum atomic E-state index is -2.73. The molecule has 2 aromatic heterocycles. The van der Waals surface area contributed by atoms with Crippen molar-refractivity contribution in [2.75, 3.05) is 5.32 Å². The number of anilines is 1. The maximum Gasteiger partial charge on any atom is 0.263 e. The number of hydrogen-bond donors (Lipinski definition) is 3. The highest BCUT2D eigenvalue weighted by molar-refractivity contribution is 7.16. The fourth-order valence-corrected chi connectivity index (χ4v) is 4.49. The highest BCUT2D eigenvalue weighted by Gasteiger charge is 2.22. The first-order valence-corrected chi connectivity index (χ1v) is 12.6. The number of pyridine rings is 1. The molecule has 11 heteroatoms. The number of rotatable bonds is 6. The first-order chi connectivity index (χ1) is 18.0. The Morgan fingerprint density at radius 1 is 1.26 bits per heavy atom. The first-order valence-electron chi connectivity index (χ1n) is 11.8. The molecule has 0 spiro atoms. The molecule has 1 amide bonds. The first kappa shape index (κ1) is 26.9. The fraction of sp³-hybridized carbons (Fsp3) is 0.296. The summed E-state index contributed by atoms with van der Waals surface area (Å²) in [7, 11) is 0. The summed E-state index contributed by atoms with van der Waals surface area (Å²) in [6.07, 6.45) is 0.775. The van der Waals surface area contributed by atoms with Crippen LogP contribution in [0.1, 0.15) is 58.2 Å². The lowest BCUT2D eigenvalue weighted by Crippen LogP contribution is -2.27. The summed E-state index contributed by atoms with van der Waals surface area (Å²) in [4.78, 5) is 31.4. The van der Waals surface area contributed by atoms with Gasteiger partial charge in [-0.15, -0.1) is 0 Å². The van der Waals surface area contributed by atoms with Crippen molar-refractivity contribution < 1.29 is 18.3 Å². The van der Waals surface area contributed by atoms with Gasteiger partial charge in [0, 0.05) is 36.2 Å². The molecule has 1 fully saturated rings. The van der Waals surface area contributed by atoms with Crippen molar-refractivity contribution in [3.05, 3.63) is 68.1 Å². The molecule has 196 valence electrons. The molecule has 0 atom stereocenters. The van der Waals surface area contributed by atoms with Crippen molar-refractivity contribution in [3.8, 4) is 23.0 Å². The van der Waals surface area contributed by atoms with Crippen molar-refractivity contribution in [3.63, 3.8) is 0 Å². The molecule has 3 N–H and O–H groups in total. The number of benzene rings is 1. The molecule has 4 rings (SSSR count). The number of aryl methyl sites for hydroxylation is 2. The Morgan fingerprint density at radius 2 is 2.00 bits per heavy atom. The van der Waals surface area contributed by atoms with Gasteiger partial charge in [-0.25, -0.2) is 13.8 Å². The molecule has 1 aliphatic rings. The van der Waals surface area contributed by atoms with Crippen LogP contribution in [0, 0.1) is 42.4 Å². The van der Waals surface area contributed by atoms with Gasteiger partial charge < -0.3 is 9.30 Å². The molecular formula is C27H25F2N5O3S. The van der Waals surface area contributed by atoms with E-state index >= 15 is 0 Å². The van der Waals surface area contributed by atoms with Crippen molar-refractivity contribution in [2.24, 2.45) is 5.92 Å². The van der Waals surface area contributed by atoms with Gasteiger partial charge in [0.2, 0.25) is 5.90 Å². The molecule has 1 aliphatic carbocycles. The van der Waals surface area contributed by atoms with Crippen LogP contribution in [0.3, 0.4) is 0 Å². The van der Waals surface area contributed by atoms with Crippen LogP contribution in [0.4, 0.5) is 13.9 Å². The lowest BCUT2D eigenvalue weighted by Gasteiger charge is -2.16. The second-order valence-corrected chi connectivity index (χ2v) is 9.95. The van der Waals surface area contributed by atoms with Crippen LogP contribution in [0.25, 0.3) is 11.1 Å². The van der Waals surface area contributed by atoms with E-state index in [1.807, 2.05) is 0 Å². The van der Waals surface area contributed by atoms with Crippen LogP contribution in [0.2, 0.25) is 0 Å². The number of aromatic nitrogens is 2. The van der Waals surface area contributed by atoms with E-state index in [2.05, 4.69) is 22.1 Å². The van der Waals surface area contributed by atoms with E-state index in [4.69, 9.17) is 15.6 Å². The van der Waals surface area contributed by atoms with E-state index in [0.717, 1.165) is 28.4 Å². The third-order valence-corrected chi connectivity index (χ3v) is 6.74. The Morgan fingerprint density at radius 3 is 2.66 bits per heavy atom. The van der Waals surface area contributed by atoms with Gasteiger partial charge in [0.25, 0.3) is 17.9 Å². The molecule has 8 nitrogen and oxygen atoms in total. The van der Waals surface area contributed by atoms with E-state index < -0.39 is 17.9 Å². The normalized spacial score (nSPS) is 12.6. The number of nitrogens with zero attached hydrogens (tertiary/aromatic N) is 2. The summed E-state index contributed by atoms with van der Waals surface area (Å²) >= 11 is 1.22. The van der Waals surface area contributed by atoms with Gasteiger partial charge in [-0.05, 0) is 43.9 Å². The van der Waals surface area contributed by atoms with Crippen molar-refractivity contribution in [1.29, 1.82) is 10.8 Å². The molecule has 0 radical (unpaired) electrons. The Hall–Kier alpha value is -4.17. The number of nitrogens with one attached hydrogen (secondary N) is 3. The summed E-state index contributed by atoms with van der Waals surface area (Å²) in [5.74, 6) is 5.45. The second-order valence-electron chi connectivity index (χ2n) is 8.95. The highest BCUT2D eigenvalue weighted by atomic mass is 32.1. The quantitative estimate of drug-likeness (QED) is 0.217. The number of alkyl halides is 2. The number of amides is 1. The minimum Gasteiger partial charge on any atom is -0.428 e. The zero-order valence-electron chi connectivity index (χ0n) is 20.9. The highest BCUT2D eigenvalue weighted by Crippen LogP contribution is 2.32. The van der Waals surface area contributed by atoms with Gasteiger partial charge in [0.05, 0.1) is 11.3 Å². The van der Waals surface area contributed by atoms with E-state index in [1.165, 1.54) is 42.7 Å². The largest absolute Gasteiger partial charge is 0.428 e. The predicted molar refractivity (Wildman–Crippen MR) is 142 cm³/mol. The molecule has 0 saturated heterocycles. The van der Waals surface area contributed by atoms with Crippen LogP contribution in [0.15, 0.2) is 35.3 Å². The number of hydrogen-bond acceptors (Lipinski definition) is 7. The van der Waals surface area contributed by atoms with Gasteiger partial charge in [-0.3, -0.25) is 25.7 Å². The lowest BCUT2D eigenvalue weighted by molar-refractivity contribution is 0.102. The number of ether oxygens (including phenoxy) is 1. The van der Waals surface area contributed by atoms with Gasteiger partial charge in [-0.2, -0.15) is 0 Å². The monoisotopic (exact) mass is 537 g/mol. The Kier molecular flexibility index (Phi) is 7.83.